The number of hydrogen-bond donors (Lipinski definition) is 2. The van der Waals surface area contributed by atoms with Crippen LogP contribution in [0.3, 0.4) is 0 Å². The minimum absolute atomic E-state index is 0.113. The highest BCUT2D eigenvalue weighted by molar-refractivity contribution is 6.34. The van der Waals surface area contributed by atoms with Crippen molar-refractivity contribution in [2.24, 2.45) is 0 Å². The van der Waals surface area contributed by atoms with Crippen LogP contribution >= 0.6 is 23.2 Å². The Bertz CT molecular complexity index is 1220. The zero-order valence-electron chi connectivity index (χ0n) is 21.7. The number of benzene rings is 2. The second-order valence-corrected chi connectivity index (χ2v) is 9.28. The molecule has 2 aromatic carbocycles. The van der Waals surface area contributed by atoms with E-state index in [1.54, 1.807) is 42.5 Å². The van der Waals surface area contributed by atoms with E-state index < -0.39 is 6.09 Å². The number of halogens is 2. The van der Waals surface area contributed by atoms with Crippen molar-refractivity contribution in [3.63, 3.8) is 0 Å². The van der Waals surface area contributed by atoms with Gasteiger partial charge in [-0.2, -0.15) is 4.98 Å². The molecule has 0 aliphatic heterocycles. The summed E-state index contributed by atoms with van der Waals surface area (Å²) in [5.74, 6) is 0.612. The maximum absolute atomic E-state index is 12.6. The number of amides is 2. The minimum Gasteiger partial charge on any atom is -0.408 e. The summed E-state index contributed by atoms with van der Waals surface area (Å²) < 4.78 is 5.35. The van der Waals surface area contributed by atoms with Gasteiger partial charge in [-0.1, -0.05) is 37.0 Å². The van der Waals surface area contributed by atoms with Crippen LogP contribution in [0.2, 0.25) is 10.0 Å². The van der Waals surface area contributed by atoms with Gasteiger partial charge in [0.25, 0.3) is 5.91 Å². The predicted octanol–water partition coefficient (Wildman–Crippen LogP) is 6.01. The quantitative estimate of drug-likeness (QED) is 0.262. The Balaban J connectivity index is 1.53. The molecule has 1 aromatic heterocycles. The molecule has 3 aromatic rings. The van der Waals surface area contributed by atoms with Crippen LogP contribution in [0.1, 0.15) is 37.0 Å². The van der Waals surface area contributed by atoms with E-state index in [2.05, 4.69) is 39.3 Å². The molecule has 38 heavy (non-hydrogen) atoms. The topological polar surface area (TPSA) is 99.7 Å². The van der Waals surface area contributed by atoms with E-state index in [1.165, 1.54) is 24.2 Å². The average Bonchev–Trinajstić information content (AvgIpc) is 2.92. The summed E-state index contributed by atoms with van der Waals surface area (Å²) in [6.45, 7) is 8.08. The molecule has 0 bridgehead atoms. The summed E-state index contributed by atoms with van der Waals surface area (Å²) in [4.78, 5) is 37.2. The first-order chi connectivity index (χ1) is 18.3. The number of hydrogen-bond acceptors (Lipinski definition) is 7. The maximum atomic E-state index is 12.6. The van der Waals surface area contributed by atoms with E-state index in [0.717, 1.165) is 32.5 Å². The first-order valence-electron chi connectivity index (χ1n) is 12.4. The molecule has 2 N–H and O–H groups in total. The van der Waals surface area contributed by atoms with Gasteiger partial charge < -0.3 is 20.3 Å². The van der Waals surface area contributed by atoms with Crippen molar-refractivity contribution in [2.45, 2.75) is 26.7 Å². The van der Waals surface area contributed by atoms with Gasteiger partial charge in [0.2, 0.25) is 5.95 Å². The fraction of sp³-hybridized carbons (Fsp3) is 0.333. The molecule has 11 heteroatoms. The van der Waals surface area contributed by atoms with E-state index >= 15 is 0 Å². The number of carbonyl (C=O) groups excluding carboxylic acids is 2. The number of ether oxygens (including phenoxy) is 1. The Morgan fingerprint density at radius 2 is 1.74 bits per heavy atom. The molecule has 0 saturated carbocycles. The fourth-order valence-corrected chi connectivity index (χ4v) is 3.86. The summed E-state index contributed by atoms with van der Waals surface area (Å²) >= 11 is 12.0. The number of nitrogens with one attached hydrogen (secondary N) is 2. The first-order valence-corrected chi connectivity index (χ1v) is 13.2. The van der Waals surface area contributed by atoms with Crippen molar-refractivity contribution in [1.29, 1.82) is 0 Å². The van der Waals surface area contributed by atoms with Crippen molar-refractivity contribution < 1.29 is 14.3 Å². The summed E-state index contributed by atoms with van der Waals surface area (Å²) in [5, 5.41) is 6.69. The van der Waals surface area contributed by atoms with E-state index in [4.69, 9.17) is 27.9 Å². The normalized spacial score (nSPS) is 10.8. The van der Waals surface area contributed by atoms with Gasteiger partial charge in [-0.3, -0.25) is 9.69 Å². The molecule has 2 amide bonds. The smallest absolute Gasteiger partial charge is 0.408 e. The molecule has 0 spiro atoms. The summed E-state index contributed by atoms with van der Waals surface area (Å²) in [5.41, 5.74) is 1.25. The van der Waals surface area contributed by atoms with Gasteiger partial charge in [0.15, 0.2) is 5.75 Å². The number of unbranched alkanes of at least 4 members (excludes halogenated alkanes) is 1. The number of rotatable bonds is 12. The molecular formula is C27H32Cl2N6O3. The van der Waals surface area contributed by atoms with Gasteiger partial charge in [-0.15, -0.1) is 0 Å². The summed E-state index contributed by atoms with van der Waals surface area (Å²) in [7, 11) is 1.52. The molecule has 0 aliphatic carbocycles. The standard InChI is InChI=1S/C27H32Cl2N6O3/c1-4-35(5-2)17-7-6-15-30-25(36)19-8-11-21(12-9-19)32-26-31-16-14-24(33-26)34(3)27(37)38-23-18-20(28)10-13-22(23)29/h8-14,16,18H,4-7,15,17H2,1-3H3,(H,30,36)(H,31,32,33). The van der Waals surface area contributed by atoms with Gasteiger partial charge in [0, 0.05) is 42.1 Å². The molecule has 3 rings (SSSR count). The van der Waals surface area contributed by atoms with E-state index in [9.17, 15) is 9.59 Å². The van der Waals surface area contributed by atoms with Crippen LogP contribution in [-0.2, 0) is 0 Å². The van der Waals surface area contributed by atoms with Crippen molar-refractivity contribution in [1.82, 2.24) is 20.2 Å². The zero-order valence-corrected chi connectivity index (χ0v) is 23.2. The third-order valence-corrected chi connectivity index (χ3v) is 6.38. The third kappa shape index (κ3) is 8.58. The van der Waals surface area contributed by atoms with Gasteiger partial charge in [-0.25, -0.2) is 9.78 Å². The lowest BCUT2D eigenvalue weighted by atomic mass is 10.2. The Morgan fingerprint density at radius 1 is 1.00 bits per heavy atom. The number of nitrogens with zero attached hydrogens (tertiary/aromatic N) is 4. The lowest BCUT2D eigenvalue weighted by Crippen LogP contribution is -2.30. The second-order valence-electron chi connectivity index (χ2n) is 8.43. The molecule has 0 aliphatic rings. The predicted molar refractivity (Wildman–Crippen MR) is 152 cm³/mol. The van der Waals surface area contributed by atoms with E-state index in [-0.39, 0.29) is 22.6 Å². The molecule has 0 unspecified atom stereocenters. The lowest BCUT2D eigenvalue weighted by molar-refractivity contribution is 0.0952. The maximum Gasteiger partial charge on any atom is 0.420 e. The molecule has 0 radical (unpaired) electrons. The van der Waals surface area contributed by atoms with Crippen LogP contribution < -0.4 is 20.3 Å². The molecule has 202 valence electrons. The Labute approximate surface area is 233 Å². The van der Waals surface area contributed by atoms with E-state index in [0.29, 0.717) is 28.6 Å². The highest BCUT2D eigenvalue weighted by Gasteiger charge is 2.17. The highest BCUT2D eigenvalue weighted by atomic mass is 35.5. The molecule has 1 heterocycles. The van der Waals surface area contributed by atoms with Crippen molar-refractivity contribution in [3.05, 3.63) is 70.3 Å². The second kappa shape index (κ2) is 14.5. The van der Waals surface area contributed by atoms with Gasteiger partial charge in [0.1, 0.15) is 5.82 Å². The molecule has 0 fully saturated rings. The zero-order chi connectivity index (χ0) is 27.5. The Kier molecular flexibility index (Phi) is 11.1. The number of aromatic nitrogens is 2. The van der Waals surface area contributed by atoms with Crippen LogP contribution in [0.5, 0.6) is 5.75 Å². The van der Waals surface area contributed by atoms with Gasteiger partial charge in [-0.05, 0) is 74.9 Å². The third-order valence-electron chi connectivity index (χ3n) is 5.83. The Morgan fingerprint density at radius 3 is 2.45 bits per heavy atom. The summed E-state index contributed by atoms with van der Waals surface area (Å²) in [6.07, 6.45) is 2.81. The van der Waals surface area contributed by atoms with Gasteiger partial charge >= 0.3 is 6.09 Å². The fourth-order valence-electron chi connectivity index (χ4n) is 3.55. The molecule has 0 atom stereocenters. The largest absolute Gasteiger partial charge is 0.420 e. The van der Waals surface area contributed by atoms with E-state index in [1.807, 2.05) is 0 Å². The van der Waals surface area contributed by atoms with Gasteiger partial charge in [0.05, 0.1) is 5.02 Å². The first kappa shape index (κ1) is 29.2. The molecular weight excluding hydrogens is 527 g/mol. The van der Waals surface area contributed by atoms with Crippen LogP contribution in [0.15, 0.2) is 54.7 Å². The van der Waals surface area contributed by atoms with Crippen LogP contribution in [-0.4, -0.2) is 60.1 Å². The molecule has 0 saturated heterocycles. The summed E-state index contributed by atoms with van der Waals surface area (Å²) in [6, 6.07) is 13.2. The SMILES string of the molecule is CCN(CC)CCCCNC(=O)c1ccc(Nc2nccc(N(C)C(=O)Oc3cc(Cl)ccc3Cl)n2)cc1. The molecule has 9 nitrogen and oxygen atoms in total. The van der Waals surface area contributed by atoms with Crippen molar-refractivity contribution in [3.8, 4) is 5.75 Å². The van der Waals surface area contributed by atoms with Crippen LogP contribution in [0, 0.1) is 0 Å². The van der Waals surface area contributed by atoms with Crippen LogP contribution in [0.4, 0.5) is 22.2 Å². The Hall–Kier alpha value is -3.40. The number of carbonyl (C=O) groups is 2. The highest BCUT2D eigenvalue weighted by Crippen LogP contribution is 2.28. The van der Waals surface area contributed by atoms with Crippen molar-refractivity contribution in [2.75, 3.05) is 43.4 Å². The van der Waals surface area contributed by atoms with Crippen LogP contribution in [0.25, 0.3) is 0 Å². The minimum atomic E-state index is -0.692. The monoisotopic (exact) mass is 558 g/mol. The lowest BCUT2D eigenvalue weighted by Gasteiger charge is -2.17. The van der Waals surface area contributed by atoms with Crippen molar-refractivity contribution >= 4 is 52.7 Å². The number of anilines is 3. The average molecular weight is 559 g/mol.